The largest absolute Gasteiger partial charge is 0.488 e. The fraction of sp³-hybridized carbons (Fsp3) is 0.529. The molecule has 1 fully saturated rings. The quantitative estimate of drug-likeness (QED) is 0.365. The second-order valence-electron chi connectivity index (χ2n) is 7.02. The van der Waals surface area contributed by atoms with Crippen LogP contribution in [0.15, 0.2) is 12.1 Å². The van der Waals surface area contributed by atoms with Crippen molar-refractivity contribution in [3.05, 3.63) is 23.3 Å². The number of nitrogens with zero attached hydrogens (tertiary/aromatic N) is 1. The van der Waals surface area contributed by atoms with E-state index in [1.807, 2.05) is 39.8 Å². The lowest BCUT2D eigenvalue weighted by Gasteiger charge is -2.24. The second kappa shape index (κ2) is 8.54. The standard InChI is InChI=1S/C17H25IN3O3P/c1-11-7-12(9-19)14(20-25-18)8-15(11)23-13-5-6-21(10-13)16(22)24-17(2,3)4/h7-9,13,19-20,25H,5-6,10H2,1-4H3. The predicted octanol–water partition coefficient (Wildman–Crippen LogP) is 4.74. The summed E-state index contributed by atoms with van der Waals surface area (Å²) in [7, 11) is 0. The second-order valence-corrected chi connectivity index (χ2v) is 9.08. The average molecular weight is 477 g/mol. The number of hydrogen-bond donors (Lipinski definition) is 2. The van der Waals surface area contributed by atoms with E-state index in [1.165, 1.54) is 6.21 Å². The Morgan fingerprint density at radius 1 is 1.48 bits per heavy atom. The number of ether oxygens (including phenoxy) is 2. The number of likely N-dealkylation sites (tertiary alicyclic amines) is 1. The summed E-state index contributed by atoms with van der Waals surface area (Å²) < 4.78 is 11.6. The van der Waals surface area contributed by atoms with Gasteiger partial charge in [0.05, 0.1) is 12.2 Å². The minimum Gasteiger partial charge on any atom is -0.488 e. The Kier molecular flexibility index (Phi) is 6.91. The monoisotopic (exact) mass is 477 g/mol. The van der Waals surface area contributed by atoms with Crippen molar-refractivity contribution in [3.8, 4) is 5.75 Å². The van der Waals surface area contributed by atoms with Gasteiger partial charge in [0.15, 0.2) is 0 Å². The van der Waals surface area contributed by atoms with Crippen LogP contribution in [-0.4, -0.2) is 42.0 Å². The number of nitrogens with one attached hydrogen (secondary N) is 2. The van der Waals surface area contributed by atoms with E-state index in [4.69, 9.17) is 14.9 Å². The van der Waals surface area contributed by atoms with Gasteiger partial charge in [0, 0.05) is 37.2 Å². The minimum absolute atomic E-state index is 0.0491. The van der Waals surface area contributed by atoms with Gasteiger partial charge in [0.2, 0.25) is 0 Å². The molecule has 1 aromatic carbocycles. The van der Waals surface area contributed by atoms with Crippen molar-refractivity contribution in [1.29, 1.82) is 5.41 Å². The van der Waals surface area contributed by atoms with Crippen molar-refractivity contribution >= 4 is 46.4 Å². The molecule has 2 N–H and O–H groups in total. The van der Waals surface area contributed by atoms with Crippen LogP contribution in [0.25, 0.3) is 0 Å². The summed E-state index contributed by atoms with van der Waals surface area (Å²) in [5.74, 6) is 0.791. The van der Waals surface area contributed by atoms with E-state index in [-0.39, 0.29) is 12.2 Å². The van der Waals surface area contributed by atoms with Crippen LogP contribution in [0.2, 0.25) is 0 Å². The first-order valence-corrected chi connectivity index (χ1v) is 12.3. The molecular weight excluding hydrogens is 452 g/mol. The van der Waals surface area contributed by atoms with E-state index < -0.39 is 5.60 Å². The van der Waals surface area contributed by atoms with Gasteiger partial charge < -0.3 is 24.9 Å². The molecule has 2 atom stereocenters. The van der Waals surface area contributed by atoms with E-state index in [0.717, 1.165) is 29.0 Å². The normalized spacial score (nSPS) is 17.8. The molecule has 0 radical (unpaired) electrons. The first-order chi connectivity index (χ1) is 11.7. The summed E-state index contributed by atoms with van der Waals surface area (Å²) >= 11 is 2.26. The van der Waals surface area contributed by atoms with Crippen molar-refractivity contribution in [3.63, 3.8) is 0 Å². The zero-order chi connectivity index (χ0) is 18.6. The zero-order valence-electron chi connectivity index (χ0n) is 15.0. The Morgan fingerprint density at radius 3 is 2.80 bits per heavy atom. The Hall–Kier alpha value is -1.08. The molecule has 0 aromatic heterocycles. The molecule has 0 bridgehead atoms. The van der Waals surface area contributed by atoms with Gasteiger partial charge in [-0.15, -0.1) is 0 Å². The van der Waals surface area contributed by atoms with E-state index in [1.54, 1.807) is 4.90 Å². The number of hydrogen-bond acceptors (Lipinski definition) is 5. The van der Waals surface area contributed by atoms with Gasteiger partial charge in [0.25, 0.3) is 0 Å². The number of benzene rings is 1. The first-order valence-electron chi connectivity index (χ1n) is 8.15. The number of anilines is 1. The van der Waals surface area contributed by atoms with Crippen molar-refractivity contribution in [2.24, 2.45) is 0 Å². The number of aryl methyl sites for hydroxylation is 1. The Balaban J connectivity index is 2.04. The number of carbonyl (C=O) groups excluding carboxylic acids is 1. The molecule has 6 nitrogen and oxygen atoms in total. The highest BCUT2D eigenvalue weighted by atomic mass is 127. The summed E-state index contributed by atoms with van der Waals surface area (Å²) in [4.78, 5) is 13.9. The molecule has 138 valence electrons. The van der Waals surface area contributed by atoms with E-state index in [9.17, 15) is 4.79 Å². The van der Waals surface area contributed by atoms with E-state index in [2.05, 4.69) is 27.1 Å². The third kappa shape index (κ3) is 5.71. The number of carbonyl (C=O) groups is 1. The Bertz CT molecular complexity index is 649. The van der Waals surface area contributed by atoms with Gasteiger partial charge in [-0.3, -0.25) is 0 Å². The van der Waals surface area contributed by atoms with Crippen LogP contribution in [-0.2, 0) is 4.74 Å². The summed E-state index contributed by atoms with van der Waals surface area (Å²) in [6.07, 6.45) is 2.30. The van der Waals surface area contributed by atoms with Gasteiger partial charge in [-0.25, -0.2) is 4.79 Å². The zero-order valence-corrected chi connectivity index (χ0v) is 18.1. The van der Waals surface area contributed by atoms with Crippen molar-refractivity contribution in [2.45, 2.75) is 45.8 Å². The number of amides is 1. The molecule has 1 aliphatic rings. The Labute approximate surface area is 163 Å². The van der Waals surface area contributed by atoms with Crippen LogP contribution in [0.5, 0.6) is 5.75 Å². The minimum atomic E-state index is -0.490. The highest BCUT2D eigenvalue weighted by molar-refractivity contribution is 14.2. The SMILES string of the molecule is Cc1cc(C=N)c(NPI)cc1OC1CCN(C(=O)OC(C)(C)C)C1. The molecule has 0 spiro atoms. The maximum absolute atomic E-state index is 12.2. The Morgan fingerprint density at radius 2 is 2.20 bits per heavy atom. The topological polar surface area (TPSA) is 74.7 Å². The van der Waals surface area contributed by atoms with Crippen LogP contribution >= 0.6 is 28.4 Å². The molecule has 1 aromatic rings. The van der Waals surface area contributed by atoms with Crippen molar-refractivity contribution in [1.82, 2.24) is 4.90 Å². The molecule has 1 aliphatic heterocycles. The molecule has 1 saturated heterocycles. The maximum Gasteiger partial charge on any atom is 0.410 e. The highest BCUT2D eigenvalue weighted by Crippen LogP contribution is 2.33. The van der Waals surface area contributed by atoms with Gasteiger partial charge in [-0.2, -0.15) is 0 Å². The summed E-state index contributed by atoms with van der Waals surface area (Å²) in [6, 6.07) is 3.89. The van der Waals surface area contributed by atoms with Gasteiger partial charge in [-0.05, 0) is 61.4 Å². The van der Waals surface area contributed by atoms with Crippen LogP contribution in [0, 0.1) is 12.3 Å². The van der Waals surface area contributed by atoms with Crippen LogP contribution in [0.1, 0.15) is 38.3 Å². The smallest absolute Gasteiger partial charge is 0.410 e. The van der Waals surface area contributed by atoms with Crippen LogP contribution < -0.4 is 9.82 Å². The maximum atomic E-state index is 12.2. The first kappa shape index (κ1) is 20.2. The average Bonchev–Trinajstić information content (AvgIpc) is 2.97. The number of halogens is 1. The third-order valence-corrected chi connectivity index (χ3v) is 4.95. The van der Waals surface area contributed by atoms with Crippen molar-refractivity contribution < 1.29 is 14.3 Å². The predicted molar refractivity (Wildman–Crippen MR) is 112 cm³/mol. The molecule has 1 heterocycles. The van der Waals surface area contributed by atoms with Crippen LogP contribution in [0.4, 0.5) is 10.5 Å². The summed E-state index contributed by atoms with van der Waals surface area (Å²) in [6.45, 7) is 8.73. The molecule has 1 amide bonds. The summed E-state index contributed by atoms with van der Waals surface area (Å²) in [5, 5.41) is 10.8. The highest BCUT2D eigenvalue weighted by Gasteiger charge is 2.31. The molecule has 2 rings (SSSR count). The number of rotatable bonds is 5. The molecule has 25 heavy (non-hydrogen) atoms. The van der Waals surface area contributed by atoms with Crippen LogP contribution in [0.3, 0.4) is 0 Å². The lowest BCUT2D eigenvalue weighted by Crippen LogP contribution is -2.36. The fourth-order valence-corrected chi connectivity index (χ4v) is 3.80. The van der Waals surface area contributed by atoms with E-state index >= 15 is 0 Å². The van der Waals surface area contributed by atoms with Crippen molar-refractivity contribution in [2.75, 3.05) is 18.2 Å². The third-order valence-electron chi connectivity index (χ3n) is 3.77. The van der Waals surface area contributed by atoms with Gasteiger partial charge in [0.1, 0.15) is 17.5 Å². The molecule has 0 aliphatic carbocycles. The lowest BCUT2D eigenvalue weighted by atomic mass is 10.1. The fourth-order valence-electron chi connectivity index (χ4n) is 2.61. The van der Waals surface area contributed by atoms with E-state index in [0.29, 0.717) is 19.5 Å². The molecular formula is C17H25IN3O3P. The molecule has 0 saturated carbocycles. The van der Waals surface area contributed by atoms with Gasteiger partial charge in [-0.1, -0.05) is 0 Å². The summed E-state index contributed by atoms with van der Waals surface area (Å²) in [5.41, 5.74) is 2.23. The lowest BCUT2D eigenvalue weighted by molar-refractivity contribution is 0.0275. The molecule has 2 unspecified atom stereocenters. The van der Waals surface area contributed by atoms with Gasteiger partial charge >= 0.3 is 6.09 Å². The molecule has 8 heteroatoms.